The van der Waals surface area contributed by atoms with Crippen molar-refractivity contribution in [1.82, 2.24) is 9.55 Å². The summed E-state index contributed by atoms with van der Waals surface area (Å²) in [5.41, 5.74) is 8.17. The standard InChI is InChI=1S/C15H20ClN3O/c1-10(2)6-13(17)14-8-18-9-19(14)11-4-5-15(20-3)12(16)7-11/h4-5,7-10,13H,6,17H2,1-3H3. The van der Waals surface area contributed by atoms with Crippen molar-refractivity contribution in [3.63, 3.8) is 0 Å². The number of halogens is 1. The zero-order valence-corrected chi connectivity index (χ0v) is 12.8. The number of methoxy groups -OCH3 is 1. The van der Waals surface area contributed by atoms with Gasteiger partial charge in [-0.3, -0.25) is 0 Å². The molecule has 0 fully saturated rings. The largest absolute Gasteiger partial charge is 0.495 e. The summed E-state index contributed by atoms with van der Waals surface area (Å²) in [4.78, 5) is 4.21. The van der Waals surface area contributed by atoms with Crippen molar-refractivity contribution in [3.8, 4) is 11.4 Å². The molecular formula is C15H20ClN3O. The Morgan fingerprint density at radius 2 is 2.15 bits per heavy atom. The first kappa shape index (κ1) is 14.9. The molecule has 1 aromatic carbocycles. The number of aromatic nitrogens is 2. The molecule has 20 heavy (non-hydrogen) atoms. The van der Waals surface area contributed by atoms with Gasteiger partial charge >= 0.3 is 0 Å². The average Bonchev–Trinajstić information content (AvgIpc) is 2.87. The van der Waals surface area contributed by atoms with Crippen molar-refractivity contribution in [2.24, 2.45) is 11.7 Å². The molecule has 0 spiro atoms. The SMILES string of the molecule is COc1ccc(-n2cncc2C(N)CC(C)C)cc1Cl. The Kier molecular flexibility index (Phi) is 4.68. The Morgan fingerprint density at radius 1 is 1.40 bits per heavy atom. The molecule has 0 saturated heterocycles. The van der Waals surface area contributed by atoms with E-state index in [9.17, 15) is 0 Å². The van der Waals surface area contributed by atoms with E-state index < -0.39 is 0 Å². The lowest BCUT2D eigenvalue weighted by Gasteiger charge is -2.17. The monoisotopic (exact) mass is 293 g/mol. The molecule has 0 aliphatic rings. The summed E-state index contributed by atoms with van der Waals surface area (Å²) in [6.07, 6.45) is 4.48. The van der Waals surface area contributed by atoms with E-state index in [4.69, 9.17) is 22.1 Å². The van der Waals surface area contributed by atoms with E-state index in [0.29, 0.717) is 16.7 Å². The predicted octanol–water partition coefficient (Wildman–Crippen LogP) is 3.58. The van der Waals surface area contributed by atoms with Gasteiger partial charge in [0.05, 0.1) is 30.4 Å². The van der Waals surface area contributed by atoms with Crippen molar-refractivity contribution < 1.29 is 4.74 Å². The van der Waals surface area contributed by atoms with Crippen LogP contribution in [0.3, 0.4) is 0 Å². The molecule has 2 aromatic rings. The van der Waals surface area contributed by atoms with Gasteiger partial charge in [-0.05, 0) is 30.5 Å². The summed E-state index contributed by atoms with van der Waals surface area (Å²) in [6.45, 7) is 4.32. The van der Waals surface area contributed by atoms with Crippen LogP contribution in [0.25, 0.3) is 5.69 Å². The molecule has 1 heterocycles. The molecule has 0 amide bonds. The molecule has 0 aliphatic heterocycles. The number of hydrogen-bond donors (Lipinski definition) is 1. The van der Waals surface area contributed by atoms with Crippen LogP contribution in [0.4, 0.5) is 0 Å². The van der Waals surface area contributed by atoms with Crippen LogP contribution >= 0.6 is 11.6 Å². The minimum atomic E-state index is -0.0432. The fourth-order valence-corrected chi connectivity index (χ4v) is 2.48. The van der Waals surface area contributed by atoms with Crippen molar-refractivity contribution in [1.29, 1.82) is 0 Å². The molecule has 0 bridgehead atoms. The Balaban J connectivity index is 2.34. The second-order valence-electron chi connectivity index (χ2n) is 5.24. The zero-order valence-electron chi connectivity index (χ0n) is 12.0. The van der Waals surface area contributed by atoms with Gasteiger partial charge in [-0.25, -0.2) is 4.98 Å². The van der Waals surface area contributed by atoms with Crippen LogP contribution in [0.5, 0.6) is 5.75 Å². The van der Waals surface area contributed by atoms with E-state index in [2.05, 4.69) is 18.8 Å². The van der Waals surface area contributed by atoms with Crippen LogP contribution in [-0.2, 0) is 0 Å². The molecule has 0 aliphatic carbocycles. The second-order valence-corrected chi connectivity index (χ2v) is 5.65. The molecule has 1 aromatic heterocycles. The number of rotatable bonds is 5. The normalized spacial score (nSPS) is 12.7. The summed E-state index contributed by atoms with van der Waals surface area (Å²) in [5, 5.41) is 0.571. The number of ether oxygens (including phenoxy) is 1. The molecule has 2 N–H and O–H groups in total. The van der Waals surface area contributed by atoms with Crippen LogP contribution in [0.2, 0.25) is 5.02 Å². The number of benzene rings is 1. The summed E-state index contributed by atoms with van der Waals surface area (Å²) in [7, 11) is 1.60. The van der Waals surface area contributed by atoms with Gasteiger partial charge in [0.1, 0.15) is 5.75 Å². The van der Waals surface area contributed by atoms with Gasteiger partial charge in [0.2, 0.25) is 0 Å². The topological polar surface area (TPSA) is 53.1 Å². The van der Waals surface area contributed by atoms with Crippen LogP contribution in [0.15, 0.2) is 30.7 Å². The number of hydrogen-bond acceptors (Lipinski definition) is 3. The first-order valence-electron chi connectivity index (χ1n) is 6.64. The number of nitrogens with two attached hydrogens (primary N) is 1. The summed E-state index contributed by atoms with van der Waals surface area (Å²) < 4.78 is 7.14. The van der Waals surface area contributed by atoms with E-state index in [0.717, 1.165) is 17.8 Å². The minimum Gasteiger partial charge on any atom is -0.495 e. The highest BCUT2D eigenvalue weighted by atomic mass is 35.5. The number of imidazole rings is 1. The van der Waals surface area contributed by atoms with Gasteiger partial charge in [0.15, 0.2) is 0 Å². The number of nitrogens with zero attached hydrogens (tertiary/aromatic N) is 2. The molecule has 1 atom stereocenters. The van der Waals surface area contributed by atoms with E-state index in [1.807, 2.05) is 29.0 Å². The average molecular weight is 294 g/mol. The Bertz CT molecular complexity index is 580. The lowest BCUT2D eigenvalue weighted by atomic mass is 10.0. The van der Waals surface area contributed by atoms with E-state index in [-0.39, 0.29) is 6.04 Å². The van der Waals surface area contributed by atoms with Crippen LogP contribution in [0, 0.1) is 5.92 Å². The first-order chi connectivity index (χ1) is 9.52. The third-order valence-corrected chi connectivity index (χ3v) is 3.48. The van der Waals surface area contributed by atoms with Crippen molar-refractivity contribution in [3.05, 3.63) is 41.4 Å². The predicted molar refractivity (Wildman–Crippen MR) is 81.5 cm³/mol. The smallest absolute Gasteiger partial charge is 0.137 e. The van der Waals surface area contributed by atoms with Crippen molar-refractivity contribution >= 4 is 11.6 Å². The van der Waals surface area contributed by atoms with Crippen molar-refractivity contribution in [2.45, 2.75) is 26.3 Å². The third kappa shape index (κ3) is 3.14. The Hall–Kier alpha value is -1.52. The first-order valence-corrected chi connectivity index (χ1v) is 7.02. The molecule has 4 nitrogen and oxygen atoms in total. The molecule has 5 heteroatoms. The summed E-state index contributed by atoms with van der Waals surface area (Å²) >= 11 is 6.17. The highest BCUT2D eigenvalue weighted by Crippen LogP contribution is 2.28. The third-order valence-electron chi connectivity index (χ3n) is 3.19. The molecule has 0 radical (unpaired) electrons. The maximum Gasteiger partial charge on any atom is 0.137 e. The fraction of sp³-hybridized carbons (Fsp3) is 0.400. The van der Waals surface area contributed by atoms with Crippen LogP contribution in [0.1, 0.15) is 32.0 Å². The van der Waals surface area contributed by atoms with Gasteiger partial charge in [0, 0.05) is 11.7 Å². The quantitative estimate of drug-likeness (QED) is 0.917. The molecule has 0 saturated carbocycles. The second kappa shape index (κ2) is 6.29. The molecule has 1 unspecified atom stereocenters. The summed E-state index contributed by atoms with van der Waals surface area (Å²) in [5.74, 6) is 1.19. The van der Waals surface area contributed by atoms with Gasteiger partial charge in [-0.2, -0.15) is 0 Å². The Morgan fingerprint density at radius 3 is 2.75 bits per heavy atom. The fourth-order valence-electron chi connectivity index (χ4n) is 2.23. The molecular weight excluding hydrogens is 274 g/mol. The van der Waals surface area contributed by atoms with E-state index >= 15 is 0 Å². The van der Waals surface area contributed by atoms with Gasteiger partial charge < -0.3 is 15.0 Å². The van der Waals surface area contributed by atoms with Crippen molar-refractivity contribution in [2.75, 3.05) is 7.11 Å². The van der Waals surface area contributed by atoms with Gasteiger partial charge in [-0.1, -0.05) is 25.4 Å². The highest BCUT2D eigenvalue weighted by Gasteiger charge is 2.15. The lowest BCUT2D eigenvalue weighted by molar-refractivity contribution is 0.415. The zero-order chi connectivity index (χ0) is 14.7. The minimum absolute atomic E-state index is 0.0432. The van der Waals surface area contributed by atoms with E-state index in [1.165, 1.54) is 0 Å². The van der Waals surface area contributed by atoms with Gasteiger partial charge in [0.25, 0.3) is 0 Å². The van der Waals surface area contributed by atoms with Gasteiger partial charge in [-0.15, -0.1) is 0 Å². The summed E-state index contributed by atoms with van der Waals surface area (Å²) in [6, 6.07) is 5.60. The molecule has 108 valence electrons. The Labute approximate surface area is 124 Å². The van der Waals surface area contributed by atoms with Crippen LogP contribution < -0.4 is 10.5 Å². The molecule has 2 rings (SSSR count). The lowest BCUT2D eigenvalue weighted by Crippen LogP contribution is -2.16. The highest BCUT2D eigenvalue weighted by molar-refractivity contribution is 6.32. The maximum absolute atomic E-state index is 6.25. The maximum atomic E-state index is 6.25. The van der Waals surface area contributed by atoms with E-state index in [1.54, 1.807) is 13.4 Å². The van der Waals surface area contributed by atoms with Crippen LogP contribution in [-0.4, -0.2) is 16.7 Å².